The summed E-state index contributed by atoms with van der Waals surface area (Å²) in [6.07, 6.45) is 6.62. The zero-order valence-electron chi connectivity index (χ0n) is 10.7. The number of rotatable bonds is 3. The Morgan fingerprint density at radius 1 is 1.42 bits per heavy atom. The molecule has 0 spiro atoms. The van der Waals surface area contributed by atoms with Gasteiger partial charge in [-0.25, -0.2) is 4.98 Å². The molecule has 0 aromatic carbocycles. The Morgan fingerprint density at radius 2 is 2.32 bits per heavy atom. The number of carboxylic acids is 1. The first-order chi connectivity index (χ1) is 9.25. The van der Waals surface area contributed by atoms with E-state index in [0.717, 1.165) is 37.1 Å². The van der Waals surface area contributed by atoms with Gasteiger partial charge in [-0.05, 0) is 31.5 Å². The topological polar surface area (TPSA) is 57.8 Å². The van der Waals surface area contributed by atoms with E-state index in [-0.39, 0.29) is 6.04 Å². The van der Waals surface area contributed by atoms with E-state index in [1.54, 1.807) is 0 Å². The molecule has 0 bridgehead atoms. The second-order valence-electron chi connectivity index (χ2n) is 5.00. The molecule has 3 heterocycles. The van der Waals surface area contributed by atoms with E-state index in [1.807, 2.05) is 39.9 Å². The highest BCUT2D eigenvalue weighted by molar-refractivity contribution is 5.73. The van der Waals surface area contributed by atoms with Crippen LogP contribution >= 0.6 is 0 Å². The van der Waals surface area contributed by atoms with Gasteiger partial charge in [0.05, 0.1) is 11.9 Å². The molecule has 0 aliphatic carbocycles. The van der Waals surface area contributed by atoms with Crippen LogP contribution in [0.3, 0.4) is 0 Å². The lowest BCUT2D eigenvalue weighted by molar-refractivity contribution is -0.144. The van der Waals surface area contributed by atoms with Crippen molar-refractivity contribution >= 4 is 11.6 Å². The lowest BCUT2D eigenvalue weighted by Gasteiger charge is -2.32. The van der Waals surface area contributed by atoms with E-state index in [9.17, 15) is 9.90 Å². The maximum absolute atomic E-state index is 11.3. The van der Waals surface area contributed by atoms with Crippen LogP contribution in [-0.4, -0.2) is 37.9 Å². The number of imidazole rings is 1. The Balaban J connectivity index is 1.85. The Morgan fingerprint density at radius 3 is 3.16 bits per heavy atom. The predicted molar refractivity (Wildman–Crippen MR) is 70.9 cm³/mol. The standard InChI is InChI=1S/C14H17N3O2/c18-14(19)12-5-1-3-7-16(12)10-11-9-15-13-6-2-4-8-17(11)13/h2,4,6,8-9,12H,1,3,5,7,10H2,(H,18,19). The van der Waals surface area contributed by atoms with Crippen LogP contribution in [0, 0.1) is 0 Å². The Kier molecular flexibility index (Phi) is 3.21. The minimum absolute atomic E-state index is 0.358. The molecule has 100 valence electrons. The highest BCUT2D eigenvalue weighted by Crippen LogP contribution is 2.20. The number of likely N-dealkylation sites (tertiary alicyclic amines) is 1. The van der Waals surface area contributed by atoms with Crippen LogP contribution < -0.4 is 0 Å². The van der Waals surface area contributed by atoms with Crippen molar-refractivity contribution in [3.63, 3.8) is 0 Å². The largest absolute Gasteiger partial charge is 0.480 e. The summed E-state index contributed by atoms with van der Waals surface area (Å²) in [7, 11) is 0. The monoisotopic (exact) mass is 259 g/mol. The lowest BCUT2D eigenvalue weighted by atomic mass is 10.0. The molecule has 0 amide bonds. The van der Waals surface area contributed by atoms with Crippen molar-refractivity contribution in [2.24, 2.45) is 0 Å². The second-order valence-corrected chi connectivity index (χ2v) is 5.00. The Hall–Kier alpha value is -1.88. The third-order valence-corrected chi connectivity index (χ3v) is 3.76. The summed E-state index contributed by atoms with van der Waals surface area (Å²) in [6, 6.07) is 5.51. The van der Waals surface area contributed by atoms with Gasteiger partial charge in [-0.2, -0.15) is 0 Å². The Bertz CT molecular complexity index is 593. The maximum Gasteiger partial charge on any atom is 0.320 e. The summed E-state index contributed by atoms with van der Waals surface area (Å²) in [6.45, 7) is 1.49. The molecule has 1 atom stereocenters. The van der Waals surface area contributed by atoms with Gasteiger partial charge in [0.25, 0.3) is 0 Å². The number of nitrogens with zero attached hydrogens (tertiary/aromatic N) is 3. The maximum atomic E-state index is 11.3. The normalized spacial score (nSPS) is 20.7. The minimum atomic E-state index is -0.714. The van der Waals surface area contributed by atoms with E-state index in [2.05, 4.69) is 4.98 Å². The third kappa shape index (κ3) is 2.33. The first kappa shape index (κ1) is 12.2. The van der Waals surface area contributed by atoms with Gasteiger partial charge in [-0.15, -0.1) is 0 Å². The first-order valence-corrected chi connectivity index (χ1v) is 6.63. The molecule has 2 aromatic heterocycles. The number of hydrogen-bond acceptors (Lipinski definition) is 3. The summed E-state index contributed by atoms with van der Waals surface area (Å²) in [5, 5.41) is 9.29. The van der Waals surface area contributed by atoms with E-state index in [4.69, 9.17) is 0 Å². The molecule has 1 aliphatic heterocycles. The smallest absolute Gasteiger partial charge is 0.320 e. The van der Waals surface area contributed by atoms with Crippen LogP contribution in [0.2, 0.25) is 0 Å². The first-order valence-electron chi connectivity index (χ1n) is 6.63. The molecule has 1 unspecified atom stereocenters. The minimum Gasteiger partial charge on any atom is -0.480 e. The molecule has 1 saturated heterocycles. The van der Waals surface area contributed by atoms with Gasteiger partial charge < -0.3 is 9.51 Å². The van der Waals surface area contributed by atoms with Crippen LogP contribution in [-0.2, 0) is 11.3 Å². The van der Waals surface area contributed by atoms with Crippen molar-refractivity contribution in [1.82, 2.24) is 14.3 Å². The predicted octanol–water partition coefficient (Wildman–Crippen LogP) is 1.77. The number of aromatic nitrogens is 2. The molecule has 3 rings (SSSR count). The highest BCUT2D eigenvalue weighted by atomic mass is 16.4. The summed E-state index contributed by atoms with van der Waals surface area (Å²) in [5.74, 6) is -0.714. The molecule has 1 fully saturated rings. The third-order valence-electron chi connectivity index (χ3n) is 3.76. The molecule has 2 aromatic rings. The molecule has 5 heteroatoms. The van der Waals surface area contributed by atoms with E-state index in [1.165, 1.54) is 0 Å². The van der Waals surface area contributed by atoms with Crippen molar-refractivity contribution in [3.8, 4) is 0 Å². The van der Waals surface area contributed by atoms with Crippen molar-refractivity contribution in [3.05, 3.63) is 36.3 Å². The fourth-order valence-electron chi connectivity index (χ4n) is 2.77. The van der Waals surface area contributed by atoms with Crippen molar-refractivity contribution < 1.29 is 9.90 Å². The fourth-order valence-corrected chi connectivity index (χ4v) is 2.77. The quantitative estimate of drug-likeness (QED) is 0.912. The number of aliphatic carboxylic acids is 1. The van der Waals surface area contributed by atoms with Crippen molar-refractivity contribution in [2.75, 3.05) is 6.54 Å². The molecular formula is C14H17N3O2. The molecule has 1 aliphatic rings. The number of hydrogen-bond donors (Lipinski definition) is 1. The lowest BCUT2D eigenvalue weighted by Crippen LogP contribution is -2.44. The number of piperidine rings is 1. The molecule has 5 nitrogen and oxygen atoms in total. The van der Waals surface area contributed by atoms with E-state index >= 15 is 0 Å². The van der Waals surface area contributed by atoms with Gasteiger partial charge in [0.1, 0.15) is 11.7 Å². The summed E-state index contributed by atoms with van der Waals surface area (Å²) >= 11 is 0. The molecule has 19 heavy (non-hydrogen) atoms. The molecular weight excluding hydrogens is 242 g/mol. The van der Waals surface area contributed by atoms with Gasteiger partial charge in [-0.3, -0.25) is 9.69 Å². The van der Waals surface area contributed by atoms with E-state index < -0.39 is 5.97 Å². The van der Waals surface area contributed by atoms with Gasteiger partial charge in [0.2, 0.25) is 0 Å². The van der Waals surface area contributed by atoms with Crippen LogP contribution in [0.15, 0.2) is 30.6 Å². The van der Waals surface area contributed by atoms with Crippen LogP contribution in [0.25, 0.3) is 5.65 Å². The zero-order chi connectivity index (χ0) is 13.2. The molecule has 0 saturated carbocycles. The van der Waals surface area contributed by atoms with Gasteiger partial charge in [-0.1, -0.05) is 12.5 Å². The van der Waals surface area contributed by atoms with Crippen molar-refractivity contribution in [2.45, 2.75) is 31.8 Å². The Labute approximate surface area is 111 Å². The number of carboxylic acid groups (broad SMARTS) is 1. The summed E-state index contributed by atoms with van der Waals surface area (Å²) in [4.78, 5) is 17.7. The summed E-state index contributed by atoms with van der Waals surface area (Å²) in [5.41, 5.74) is 1.95. The second kappa shape index (κ2) is 5.01. The summed E-state index contributed by atoms with van der Waals surface area (Å²) < 4.78 is 2.02. The van der Waals surface area contributed by atoms with Gasteiger partial charge >= 0.3 is 5.97 Å². The molecule has 1 N–H and O–H groups in total. The van der Waals surface area contributed by atoms with Crippen LogP contribution in [0.1, 0.15) is 25.0 Å². The fraction of sp³-hybridized carbons (Fsp3) is 0.429. The average Bonchev–Trinajstić information content (AvgIpc) is 2.83. The zero-order valence-corrected chi connectivity index (χ0v) is 10.7. The van der Waals surface area contributed by atoms with Gasteiger partial charge in [0, 0.05) is 12.7 Å². The SMILES string of the molecule is O=C(O)C1CCCCN1Cc1cnc2ccccn12. The van der Waals surface area contributed by atoms with Gasteiger partial charge in [0.15, 0.2) is 0 Å². The van der Waals surface area contributed by atoms with Crippen LogP contribution in [0.4, 0.5) is 0 Å². The number of fused-ring (bicyclic) bond motifs is 1. The van der Waals surface area contributed by atoms with Crippen LogP contribution in [0.5, 0.6) is 0 Å². The van der Waals surface area contributed by atoms with Crippen molar-refractivity contribution in [1.29, 1.82) is 0 Å². The number of carbonyl (C=O) groups is 1. The van der Waals surface area contributed by atoms with E-state index in [0.29, 0.717) is 6.54 Å². The number of pyridine rings is 1. The molecule has 0 radical (unpaired) electrons. The average molecular weight is 259 g/mol. The highest BCUT2D eigenvalue weighted by Gasteiger charge is 2.28.